The van der Waals surface area contributed by atoms with Gasteiger partial charge in [0.2, 0.25) is 5.91 Å². The van der Waals surface area contributed by atoms with Gasteiger partial charge in [-0.05, 0) is 48.9 Å². The van der Waals surface area contributed by atoms with Crippen LogP contribution in [0.15, 0.2) is 53.9 Å². The Morgan fingerprint density at radius 3 is 2.38 bits per heavy atom. The zero-order chi connectivity index (χ0) is 25.9. The molecular weight excluding hydrogens is 460 g/mol. The van der Waals surface area contributed by atoms with Gasteiger partial charge < -0.3 is 14.8 Å². The standard InChI is InChI=1S/C30H42N6O/c1-29(2,3)23-34-16-10-30(11-17-34)12-18-36(28(30)37)20-25-8-6-24(7-9-25)19-35(21-26-5-4-13-31-26)22-27-32-14-15-33-27/h4,6-9,13-15H,5,10-12,16-23H2,1-3H3,(H,32,33). The minimum Gasteiger partial charge on any atom is -0.348 e. The van der Waals surface area contributed by atoms with Crippen LogP contribution in [0.5, 0.6) is 0 Å². The molecule has 0 aliphatic carbocycles. The van der Waals surface area contributed by atoms with E-state index in [1.54, 1.807) is 6.20 Å². The molecular formula is C30H42N6O. The Bertz CT molecular complexity index is 1100. The number of aromatic nitrogens is 2. The van der Waals surface area contributed by atoms with Crippen LogP contribution in [0.4, 0.5) is 0 Å². The number of H-pyrrole nitrogens is 1. The van der Waals surface area contributed by atoms with Gasteiger partial charge in [0.05, 0.1) is 12.0 Å². The third kappa shape index (κ3) is 6.57. The highest BCUT2D eigenvalue weighted by molar-refractivity contribution is 5.89. The Balaban J connectivity index is 1.16. The number of hydrogen-bond acceptors (Lipinski definition) is 5. The lowest BCUT2D eigenvalue weighted by Gasteiger charge is -2.40. The van der Waals surface area contributed by atoms with Gasteiger partial charge in [-0.3, -0.25) is 14.7 Å². The Kier molecular flexibility index (Phi) is 7.63. The summed E-state index contributed by atoms with van der Waals surface area (Å²) >= 11 is 0. The van der Waals surface area contributed by atoms with Crippen LogP contribution < -0.4 is 0 Å². The summed E-state index contributed by atoms with van der Waals surface area (Å²) in [7, 11) is 0. The quantitative estimate of drug-likeness (QED) is 0.543. The fraction of sp³-hybridized carbons (Fsp3) is 0.567. The lowest BCUT2D eigenvalue weighted by molar-refractivity contribution is -0.139. The molecule has 1 aromatic carbocycles. The van der Waals surface area contributed by atoms with Gasteiger partial charge in [0.15, 0.2) is 0 Å². The summed E-state index contributed by atoms with van der Waals surface area (Å²) in [5, 5.41) is 0. The van der Waals surface area contributed by atoms with Crippen LogP contribution >= 0.6 is 0 Å². The van der Waals surface area contributed by atoms with Crippen LogP contribution in [-0.4, -0.2) is 69.0 Å². The van der Waals surface area contributed by atoms with Crippen molar-refractivity contribution in [3.05, 3.63) is 65.9 Å². The van der Waals surface area contributed by atoms with Crippen molar-refractivity contribution in [3.63, 3.8) is 0 Å². The minimum atomic E-state index is -0.126. The summed E-state index contributed by atoms with van der Waals surface area (Å²) in [5.74, 6) is 1.34. The highest BCUT2D eigenvalue weighted by Crippen LogP contribution is 2.42. The highest BCUT2D eigenvalue weighted by Gasteiger charge is 2.48. The number of piperidine rings is 1. The molecule has 3 aliphatic rings. The van der Waals surface area contributed by atoms with E-state index in [4.69, 9.17) is 0 Å². The van der Waals surface area contributed by atoms with Gasteiger partial charge >= 0.3 is 0 Å². The summed E-state index contributed by atoms with van der Waals surface area (Å²) in [6.07, 6.45) is 11.6. The Morgan fingerprint density at radius 1 is 1.00 bits per heavy atom. The van der Waals surface area contributed by atoms with E-state index in [1.807, 2.05) is 12.4 Å². The molecule has 198 valence electrons. The molecule has 2 saturated heterocycles. The molecule has 7 heteroatoms. The normalized spacial score (nSPS) is 19.9. The molecule has 1 N–H and O–H groups in total. The predicted octanol–water partition coefficient (Wildman–Crippen LogP) is 4.63. The fourth-order valence-electron chi connectivity index (χ4n) is 6.07. The molecule has 0 saturated carbocycles. The molecule has 1 amide bonds. The van der Waals surface area contributed by atoms with Gasteiger partial charge in [-0.25, -0.2) is 4.98 Å². The van der Waals surface area contributed by atoms with Crippen LogP contribution in [0.1, 0.15) is 63.4 Å². The number of nitrogens with one attached hydrogen (secondary N) is 1. The van der Waals surface area contributed by atoms with Gasteiger partial charge in [-0.2, -0.15) is 0 Å². The lowest BCUT2D eigenvalue weighted by Crippen LogP contribution is -2.46. The zero-order valence-electron chi connectivity index (χ0n) is 22.7. The number of aromatic amines is 1. The van der Waals surface area contributed by atoms with E-state index >= 15 is 0 Å². The summed E-state index contributed by atoms with van der Waals surface area (Å²) in [6, 6.07) is 8.81. The molecule has 2 aromatic rings. The number of hydrogen-bond donors (Lipinski definition) is 1. The largest absolute Gasteiger partial charge is 0.348 e. The topological polar surface area (TPSA) is 67.8 Å². The minimum absolute atomic E-state index is 0.126. The predicted molar refractivity (Wildman–Crippen MR) is 148 cm³/mol. The summed E-state index contributed by atoms with van der Waals surface area (Å²) in [6.45, 7) is 14.1. The van der Waals surface area contributed by atoms with E-state index in [0.717, 1.165) is 77.3 Å². The maximum atomic E-state index is 13.5. The third-order valence-electron chi connectivity index (χ3n) is 7.97. The Labute approximate surface area is 221 Å². The number of aliphatic imine (C=N–C) groups is 1. The second kappa shape index (κ2) is 10.9. The van der Waals surface area contributed by atoms with Crippen LogP contribution in [-0.2, 0) is 24.4 Å². The first-order valence-electron chi connectivity index (χ1n) is 13.8. The van der Waals surface area contributed by atoms with Crippen LogP contribution in [0, 0.1) is 10.8 Å². The van der Waals surface area contributed by atoms with Crippen molar-refractivity contribution in [2.24, 2.45) is 15.8 Å². The molecule has 3 aliphatic heterocycles. The highest BCUT2D eigenvalue weighted by atomic mass is 16.2. The number of allylic oxidation sites excluding steroid dienone is 1. The lowest BCUT2D eigenvalue weighted by atomic mass is 9.76. The van der Waals surface area contributed by atoms with Crippen molar-refractivity contribution in [1.82, 2.24) is 24.7 Å². The number of likely N-dealkylation sites (tertiary alicyclic amines) is 2. The number of benzene rings is 1. The zero-order valence-corrected chi connectivity index (χ0v) is 22.7. The van der Waals surface area contributed by atoms with E-state index in [1.165, 1.54) is 16.8 Å². The molecule has 1 spiro atoms. The van der Waals surface area contributed by atoms with Crippen molar-refractivity contribution in [3.8, 4) is 0 Å². The second-order valence-corrected chi connectivity index (χ2v) is 12.4. The first kappa shape index (κ1) is 25.9. The summed E-state index contributed by atoms with van der Waals surface area (Å²) < 4.78 is 0. The first-order valence-corrected chi connectivity index (χ1v) is 13.8. The van der Waals surface area contributed by atoms with Gasteiger partial charge in [-0.1, -0.05) is 51.1 Å². The maximum Gasteiger partial charge on any atom is 0.229 e. The first-order chi connectivity index (χ1) is 17.8. The number of nitrogens with zero attached hydrogens (tertiary/aromatic N) is 5. The molecule has 5 rings (SSSR count). The summed E-state index contributed by atoms with van der Waals surface area (Å²) in [4.78, 5) is 32.6. The van der Waals surface area contributed by atoms with E-state index < -0.39 is 0 Å². The molecule has 2 fully saturated rings. The van der Waals surface area contributed by atoms with Crippen LogP contribution in [0.25, 0.3) is 0 Å². The van der Waals surface area contributed by atoms with Crippen molar-refractivity contribution in [2.45, 2.75) is 66.1 Å². The van der Waals surface area contributed by atoms with Gasteiger partial charge in [0, 0.05) is 63.4 Å². The molecule has 0 unspecified atom stereocenters. The van der Waals surface area contributed by atoms with Crippen LogP contribution in [0.3, 0.4) is 0 Å². The smallest absolute Gasteiger partial charge is 0.229 e. The molecule has 7 nitrogen and oxygen atoms in total. The van der Waals surface area contributed by atoms with E-state index in [9.17, 15) is 4.79 Å². The van der Waals surface area contributed by atoms with Crippen LogP contribution in [0.2, 0.25) is 0 Å². The Hall–Kier alpha value is -2.77. The van der Waals surface area contributed by atoms with Gasteiger partial charge in [-0.15, -0.1) is 0 Å². The van der Waals surface area contributed by atoms with E-state index in [0.29, 0.717) is 17.9 Å². The molecule has 4 heterocycles. The monoisotopic (exact) mass is 502 g/mol. The molecule has 37 heavy (non-hydrogen) atoms. The van der Waals surface area contributed by atoms with E-state index in [2.05, 4.69) is 80.8 Å². The molecule has 0 atom stereocenters. The number of rotatable bonds is 9. The number of carbonyl (C=O) groups excluding carboxylic acids is 1. The number of amides is 1. The van der Waals surface area contributed by atoms with Crippen molar-refractivity contribution < 1.29 is 4.79 Å². The van der Waals surface area contributed by atoms with Crippen molar-refractivity contribution >= 4 is 11.6 Å². The van der Waals surface area contributed by atoms with Gasteiger partial charge in [0.25, 0.3) is 0 Å². The Morgan fingerprint density at radius 2 is 1.73 bits per heavy atom. The fourth-order valence-corrected chi connectivity index (χ4v) is 6.07. The molecule has 0 radical (unpaired) electrons. The van der Waals surface area contributed by atoms with E-state index in [-0.39, 0.29) is 5.41 Å². The summed E-state index contributed by atoms with van der Waals surface area (Å²) in [5.41, 5.74) is 3.84. The average molecular weight is 503 g/mol. The third-order valence-corrected chi connectivity index (χ3v) is 7.97. The molecule has 1 aromatic heterocycles. The van der Waals surface area contributed by atoms with Gasteiger partial charge in [0.1, 0.15) is 5.82 Å². The van der Waals surface area contributed by atoms with Crippen molar-refractivity contribution in [1.29, 1.82) is 0 Å². The number of imidazole rings is 1. The van der Waals surface area contributed by atoms with Crippen molar-refractivity contribution in [2.75, 3.05) is 32.7 Å². The molecule has 0 bridgehead atoms. The SMILES string of the molecule is CC(C)(C)CN1CCC2(CC1)CCN(Cc1ccc(CN(CC3=NC=CC3)Cc3ncc[nH]3)cc1)C2=O. The average Bonchev–Trinajstić information content (AvgIpc) is 3.62. The second-order valence-electron chi connectivity index (χ2n) is 12.4. The maximum absolute atomic E-state index is 13.5. The number of carbonyl (C=O) groups is 1.